The van der Waals surface area contributed by atoms with E-state index in [1.807, 2.05) is 0 Å². The van der Waals surface area contributed by atoms with Crippen molar-refractivity contribution in [1.82, 2.24) is 15.1 Å². The molecule has 0 aromatic heterocycles. The Bertz CT molecular complexity index is 706. The van der Waals surface area contributed by atoms with Crippen LogP contribution in [0, 0.1) is 0 Å². The van der Waals surface area contributed by atoms with E-state index >= 15 is 0 Å². The maximum absolute atomic E-state index is 12.5. The van der Waals surface area contributed by atoms with Gasteiger partial charge in [-0.1, -0.05) is 30.3 Å². The normalized spacial score (nSPS) is 18.0. The quantitative estimate of drug-likeness (QED) is 0.847. The molecule has 0 spiro atoms. The zero-order valence-corrected chi connectivity index (χ0v) is 14.7. The van der Waals surface area contributed by atoms with Crippen molar-refractivity contribution in [3.8, 4) is 0 Å². The number of carbonyl (C=O) groups is 4. The van der Waals surface area contributed by atoms with Crippen LogP contribution < -0.4 is 5.32 Å². The van der Waals surface area contributed by atoms with E-state index in [-0.39, 0.29) is 6.54 Å². The topological polar surface area (TPSA) is 116 Å². The molecule has 2 N–H and O–H groups in total. The molecule has 2 rings (SSSR count). The van der Waals surface area contributed by atoms with Gasteiger partial charge < -0.3 is 15.2 Å². The van der Waals surface area contributed by atoms with Gasteiger partial charge in [0.05, 0.1) is 18.7 Å². The highest BCUT2D eigenvalue weighted by Crippen LogP contribution is 2.20. The Balaban J connectivity index is 2.14. The smallest absolute Gasteiger partial charge is 0.418 e. The molecular weight excluding hydrogens is 342 g/mol. The zero-order valence-electron chi connectivity index (χ0n) is 14.7. The number of ether oxygens (including phenoxy) is 1. The number of benzene rings is 1. The fourth-order valence-corrected chi connectivity index (χ4v) is 2.57. The monoisotopic (exact) mass is 363 g/mol. The second kappa shape index (κ2) is 7.85. The molecule has 26 heavy (non-hydrogen) atoms. The molecule has 1 saturated heterocycles. The number of hydrogen-bond acceptors (Lipinski definition) is 5. The molecule has 1 aliphatic heterocycles. The Labute approximate surface area is 150 Å². The maximum Gasteiger partial charge on any atom is 0.418 e. The van der Waals surface area contributed by atoms with E-state index in [1.165, 1.54) is 0 Å². The highest BCUT2D eigenvalue weighted by Gasteiger charge is 2.43. The number of carbonyl (C=O) groups excluding carboxylic acids is 3. The number of hydrogen-bond donors (Lipinski definition) is 2. The highest BCUT2D eigenvalue weighted by atomic mass is 16.6. The Morgan fingerprint density at radius 1 is 1.23 bits per heavy atom. The van der Waals surface area contributed by atoms with Gasteiger partial charge in [0.25, 0.3) is 0 Å². The average molecular weight is 363 g/mol. The van der Waals surface area contributed by atoms with E-state index in [1.54, 1.807) is 51.1 Å². The van der Waals surface area contributed by atoms with Gasteiger partial charge in [0, 0.05) is 0 Å². The minimum Gasteiger partial charge on any atom is -0.479 e. The summed E-state index contributed by atoms with van der Waals surface area (Å²) in [4.78, 5) is 50.0. The first-order valence-electron chi connectivity index (χ1n) is 8.12. The predicted octanol–water partition coefficient (Wildman–Crippen LogP) is 2.19. The molecule has 0 aliphatic carbocycles. The van der Waals surface area contributed by atoms with Crippen LogP contribution in [0.15, 0.2) is 30.3 Å². The van der Waals surface area contributed by atoms with E-state index in [0.29, 0.717) is 5.56 Å². The third kappa shape index (κ3) is 4.11. The van der Waals surface area contributed by atoms with Crippen LogP contribution in [0.3, 0.4) is 0 Å². The van der Waals surface area contributed by atoms with Gasteiger partial charge in [0.15, 0.2) is 6.04 Å². The first-order chi connectivity index (χ1) is 12.2. The molecule has 5 amide bonds. The summed E-state index contributed by atoms with van der Waals surface area (Å²) in [5.41, 5.74) is 0.365. The van der Waals surface area contributed by atoms with Gasteiger partial charge in [0.2, 0.25) is 0 Å². The molecule has 9 nitrogen and oxygen atoms in total. The summed E-state index contributed by atoms with van der Waals surface area (Å²) in [5, 5.41) is 11.7. The third-order valence-corrected chi connectivity index (χ3v) is 3.75. The number of nitrogens with one attached hydrogen (secondary N) is 1. The average Bonchev–Trinajstić information content (AvgIpc) is 2.87. The number of rotatable bonds is 4. The van der Waals surface area contributed by atoms with Crippen LogP contribution in [-0.2, 0) is 9.53 Å². The van der Waals surface area contributed by atoms with Gasteiger partial charge in [-0.25, -0.2) is 29.0 Å². The van der Waals surface area contributed by atoms with Crippen molar-refractivity contribution < 1.29 is 29.0 Å². The Kier molecular flexibility index (Phi) is 5.81. The van der Waals surface area contributed by atoms with E-state index in [9.17, 15) is 24.3 Å². The fraction of sp³-hybridized carbons (Fsp3) is 0.412. The van der Waals surface area contributed by atoms with Crippen molar-refractivity contribution in [3.63, 3.8) is 0 Å². The molecule has 2 atom stereocenters. The number of aliphatic carboxylic acids is 1. The number of carboxylic acid groups (broad SMARTS) is 1. The van der Waals surface area contributed by atoms with Crippen LogP contribution >= 0.6 is 0 Å². The third-order valence-electron chi connectivity index (χ3n) is 3.75. The van der Waals surface area contributed by atoms with E-state index in [4.69, 9.17) is 4.74 Å². The summed E-state index contributed by atoms with van der Waals surface area (Å²) in [5.74, 6) is -1.26. The summed E-state index contributed by atoms with van der Waals surface area (Å²) in [6.45, 7) is 4.84. The van der Waals surface area contributed by atoms with Gasteiger partial charge in [0.1, 0.15) is 0 Å². The Morgan fingerprint density at radius 2 is 1.85 bits per heavy atom. The number of nitrogens with zero attached hydrogens (tertiary/aromatic N) is 2. The van der Waals surface area contributed by atoms with Crippen LogP contribution in [0.2, 0.25) is 0 Å². The van der Waals surface area contributed by atoms with Crippen molar-refractivity contribution in [3.05, 3.63) is 35.9 Å². The lowest BCUT2D eigenvalue weighted by Gasteiger charge is -2.22. The molecule has 0 radical (unpaired) electrons. The highest BCUT2D eigenvalue weighted by molar-refractivity contribution is 6.02. The number of imide groups is 2. The van der Waals surface area contributed by atoms with Crippen molar-refractivity contribution in [1.29, 1.82) is 0 Å². The van der Waals surface area contributed by atoms with Crippen LogP contribution in [0.4, 0.5) is 14.4 Å². The van der Waals surface area contributed by atoms with Crippen molar-refractivity contribution in [2.24, 2.45) is 0 Å². The van der Waals surface area contributed by atoms with Crippen molar-refractivity contribution in [2.75, 3.05) is 6.54 Å². The summed E-state index contributed by atoms with van der Waals surface area (Å²) in [6.07, 6.45) is -1.26. The van der Waals surface area contributed by atoms with Crippen LogP contribution in [0.1, 0.15) is 32.4 Å². The van der Waals surface area contributed by atoms with Gasteiger partial charge >= 0.3 is 24.1 Å². The molecule has 1 heterocycles. The van der Waals surface area contributed by atoms with Gasteiger partial charge in [-0.15, -0.1) is 0 Å². The lowest BCUT2D eigenvalue weighted by molar-refractivity contribution is -0.139. The minimum absolute atomic E-state index is 0.0269. The summed E-state index contributed by atoms with van der Waals surface area (Å²) < 4.78 is 4.98. The van der Waals surface area contributed by atoms with E-state index in [2.05, 4.69) is 5.32 Å². The number of urea groups is 2. The molecule has 1 fully saturated rings. The van der Waals surface area contributed by atoms with Crippen molar-refractivity contribution >= 4 is 24.1 Å². The summed E-state index contributed by atoms with van der Waals surface area (Å²) in [6, 6.07) is 4.44. The number of amides is 5. The molecule has 140 valence electrons. The fourth-order valence-electron chi connectivity index (χ4n) is 2.57. The second-order valence-corrected chi connectivity index (χ2v) is 6.18. The van der Waals surface area contributed by atoms with Crippen LogP contribution in [0.25, 0.3) is 0 Å². The molecule has 0 saturated carbocycles. The first-order valence-corrected chi connectivity index (χ1v) is 8.12. The largest absolute Gasteiger partial charge is 0.479 e. The van der Waals surface area contributed by atoms with Crippen LogP contribution in [0.5, 0.6) is 0 Å². The zero-order chi connectivity index (χ0) is 19.4. The molecule has 1 aromatic rings. The van der Waals surface area contributed by atoms with Gasteiger partial charge in [-0.3, -0.25) is 0 Å². The van der Waals surface area contributed by atoms with E-state index < -0.39 is 42.3 Å². The van der Waals surface area contributed by atoms with Crippen LogP contribution in [-0.4, -0.2) is 57.7 Å². The van der Waals surface area contributed by atoms with Gasteiger partial charge in [-0.05, 0) is 26.3 Å². The number of carboxylic acids is 1. The molecule has 0 bridgehead atoms. The predicted molar refractivity (Wildman–Crippen MR) is 90.4 cm³/mol. The maximum atomic E-state index is 12.5. The SMILES string of the molecule is CC(C)OC(=O)N1CC(C)N(C(=O)NC(C(=O)O)c2ccccc2)C1=O. The first kappa shape index (κ1) is 19.2. The molecular formula is C17H21N3O6. The Morgan fingerprint density at radius 3 is 2.38 bits per heavy atom. The molecule has 1 aliphatic rings. The minimum atomic E-state index is -1.32. The second-order valence-electron chi connectivity index (χ2n) is 6.18. The molecule has 9 heteroatoms. The van der Waals surface area contributed by atoms with Crippen molar-refractivity contribution in [2.45, 2.75) is 39.0 Å². The molecule has 2 unspecified atom stereocenters. The van der Waals surface area contributed by atoms with E-state index in [0.717, 1.165) is 9.80 Å². The lowest BCUT2D eigenvalue weighted by atomic mass is 10.1. The van der Waals surface area contributed by atoms with Gasteiger partial charge in [-0.2, -0.15) is 0 Å². The summed E-state index contributed by atoms with van der Waals surface area (Å²) >= 11 is 0. The Hall–Kier alpha value is -3.10. The lowest BCUT2D eigenvalue weighted by Crippen LogP contribution is -2.48. The molecule has 1 aromatic carbocycles. The summed E-state index contributed by atoms with van der Waals surface area (Å²) in [7, 11) is 0. The standard InChI is InChI=1S/C17H21N3O6/c1-10(2)26-17(25)19-9-11(3)20(16(19)24)15(23)18-13(14(21)22)12-7-5-4-6-8-12/h4-8,10-11,13H,9H2,1-3H3,(H,18,23)(H,21,22).